The number of hydrogen-bond donors (Lipinski definition) is 2. The second-order valence-corrected chi connectivity index (χ2v) is 7.86. The Morgan fingerprint density at radius 1 is 1.33 bits per heavy atom. The monoisotopic (exact) mass is 311 g/mol. The van der Waals surface area contributed by atoms with Crippen molar-refractivity contribution in [2.45, 2.75) is 27.3 Å². The maximum absolute atomic E-state index is 11.9. The van der Waals surface area contributed by atoms with E-state index >= 15 is 0 Å². The lowest BCUT2D eigenvalue weighted by molar-refractivity contribution is -0.131. The summed E-state index contributed by atoms with van der Waals surface area (Å²) in [5.74, 6) is -0.968. The van der Waals surface area contributed by atoms with Crippen LogP contribution in [0.5, 0.6) is 0 Å². The molecule has 0 aliphatic heterocycles. The molecule has 0 aliphatic rings. The third-order valence-corrected chi connectivity index (χ3v) is 4.32. The Balaban J connectivity index is 2.72. The minimum absolute atomic E-state index is 0.0542. The molecule has 0 aromatic heterocycles. The van der Waals surface area contributed by atoms with Crippen LogP contribution < -0.4 is 4.72 Å². The molecular formula is C15H21NO4S. The highest BCUT2D eigenvalue weighted by atomic mass is 32.2. The molecule has 0 bridgehead atoms. The summed E-state index contributed by atoms with van der Waals surface area (Å²) < 4.78 is 26.4. The number of carboxylic acid groups (broad SMARTS) is 1. The lowest BCUT2D eigenvalue weighted by atomic mass is 10.0. The van der Waals surface area contributed by atoms with Crippen LogP contribution in [-0.4, -0.2) is 25.2 Å². The van der Waals surface area contributed by atoms with Gasteiger partial charge in [0, 0.05) is 12.6 Å². The summed E-state index contributed by atoms with van der Waals surface area (Å²) in [6.45, 7) is 5.78. The average molecular weight is 311 g/mol. The molecule has 0 atom stereocenters. The zero-order chi connectivity index (χ0) is 16.1. The van der Waals surface area contributed by atoms with Crippen LogP contribution in [-0.2, 0) is 21.4 Å². The Morgan fingerprint density at radius 3 is 2.57 bits per heavy atom. The van der Waals surface area contributed by atoms with Crippen molar-refractivity contribution in [3.63, 3.8) is 0 Å². The molecular weight excluding hydrogens is 290 g/mol. The first kappa shape index (κ1) is 17.4. The summed E-state index contributed by atoms with van der Waals surface area (Å²) in [6.07, 6.45) is 2.51. The van der Waals surface area contributed by atoms with E-state index in [4.69, 9.17) is 5.11 Å². The van der Waals surface area contributed by atoms with Crippen LogP contribution in [0, 0.1) is 5.41 Å². The SMILES string of the molecule is CC(C)(C)CS(=O)(=O)NCc1cccc(C=CC(=O)O)c1. The Bertz CT molecular complexity index is 627. The number of nitrogens with one attached hydrogen (secondary N) is 1. The van der Waals surface area contributed by atoms with Gasteiger partial charge >= 0.3 is 5.97 Å². The van der Waals surface area contributed by atoms with Gasteiger partial charge in [0.15, 0.2) is 0 Å². The molecule has 5 nitrogen and oxygen atoms in total. The highest BCUT2D eigenvalue weighted by Gasteiger charge is 2.20. The number of sulfonamides is 1. The zero-order valence-electron chi connectivity index (χ0n) is 12.5. The molecule has 0 unspecified atom stereocenters. The van der Waals surface area contributed by atoms with Crippen LogP contribution in [0.25, 0.3) is 6.08 Å². The third-order valence-electron chi connectivity index (χ3n) is 2.49. The molecule has 0 saturated heterocycles. The van der Waals surface area contributed by atoms with Crippen molar-refractivity contribution in [1.82, 2.24) is 4.72 Å². The molecule has 0 saturated carbocycles. The molecule has 0 spiro atoms. The van der Waals surface area contributed by atoms with Crippen molar-refractivity contribution in [3.05, 3.63) is 41.5 Å². The summed E-state index contributed by atoms with van der Waals surface area (Å²) in [5.41, 5.74) is 1.18. The predicted molar refractivity (Wildman–Crippen MR) is 83.2 cm³/mol. The fraction of sp³-hybridized carbons (Fsp3) is 0.400. The molecule has 0 aliphatic carbocycles. The van der Waals surface area contributed by atoms with E-state index in [0.717, 1.165) is 11.6 Å². The second kappa shape index (κ2) is 6.87. The van der Waals surface area contributed by atoms with E-state index in [2.05, 4.69) is 4.72 Å². The molecule has 0 fully saturated rings. The van der Waals surface area contributed by atoms with Gasteiger partial charge in [-0.15, -0.1) is 0 Å². The Labute approximate surface area is 125 Å². The molecule has 116 valence electrons. The smallest absolute Gasteiger partial charge is 0.328 e. The number of carboxylic acids is 1. The van der Waals surface area contributed by atoms with Crippen molar-refractivity contribution in [2.75, 3.05) is 5.75 Å². The van der Waals surface area contributed by atoms with Crippen molar-refractivity contribution < 1.29 is 18.3 Å². The van der Waals surface area contributed by atoms with Gasteiger partial charge in [-0.25, -0.2) is 17.9 Å². The Hall–Kier alpha value is -1.66. The normalized spacial score (nSPS) is 12.7. The van der Waals surface area contributed by atoms with E-state index in [1.54, 1.807) is 24.3 Å². The maximum Gasteiger partial charge on any atom is 0.328 e. The molecule has 2 N–H and O–H groups in total. The minimum Gasteiger partial charge on any atom is -0.478 e. The summed E-state index contributed by atoms with van der Waals surface area (Å²) >= 11 is 0. The third kappa shape index (κ3) is 7.63. The van der Waals surface area contributed by atoms with Gasteiger partial charge in [-0.05, 0) is 22.6 Å². The van der Waals surface area contributed by atoms with E-state index < -0.39 is 16.0 Å². The van der Waals surface area contributed by atoms with Crippen molar-refractivity contribution >= 4 is 22.1 Å². The lowest BCUT2D eigenvalue weighted by Crippen LogP contribution is -2.31. The fourth-order valence-electron chi connectivity index (χ4n) is 1.79. The fourth-order valence-corrected chi connectivity index (χ4v) is 3.42. The molecule has 0 radical (unpaired) electrons. The molecule has 0 amide bonds. The van der Waals surface area contributed by atoms with E-state index in [-0.39, 0.29) is 17.7 Å². The molecule has 1 aromatic carbocycles. The molecule has 0 heterocycles. The average Bonchev–Trinajstić information content (AvgIpc) is 2.32. The second-order valence-electron chi connectivity index (χ2n) is 6.06. The van der Waals surface area contributed by atoms with Crippen molar-refractivity contribution in [3.8, 4) is 0 Å². The largest absolute Gasteiger partial charge is 0.478 e. The van der Waals surface area contributed by atoms with Crippen LogP contribution >= 0.6 is 0 Å². The summed E-state index contributed by atoms with van der Waals surface area (Å²) in [5, 5.41) is 8.58. The van der Waals surface area contributed by atoms with E-state index in [1.807, 2.05) is 20.8 Å². The lowest BCUT2D eigenvalue weighted by Gasteiger charge is -2.18. The van der Waals surface area contributed by atoms with Gasteiger partial charge in [0.1, 0.15) is 0 Å². The summed E-state index contributed by atoms with van der Waals surface area (Å²) in [6, 6.07) is 7.05. The highest BCUT2D eigenvalue weighted by Crippen LogP contribution is 2.15. The van der Waals surface area contributed by atoms with Crippen LogP contribution in [0.1, 0.15) is 31.9 Å². The van der Waals surface area contributed by atoms with Crippen LogP contribution in [0.3, 0.4) is 0 Å². The van der Waals surface area contributed by atoms with Crippen LogP contribution in [0.2, 0.25) is 0 Å². The quantitative estimate of drug-likeness (QED) is 0.789. The van der Waals surface area contributed by atoms with Gasteiger partial charge in [0.05, 0.1) is 5.75 Å². The topological polar surface area (TPSA) is 83.5 Å². The van der Waals surface area contributed by atoms with E-state index in [9.17, 15) is 13.2 Å². The highest BCUT2D eigenvalue weighted by molar-refractivity contribution is 7.89. The number of carbonyl (C=O) groups is 1. The predicted octanol–water partition coefficient (Wildman–Crippen LogP) is 2.25. The van der Waals surface area contributed by atoms with Crippen LogP contribution in [0.15, 0.2) is 30.3 Å². The summed E-state index contributed by atoms with van der Waals surface area (Å²) in [4.78, 5) is 10.5. The van der Waals surface area contributed by atoms with Gasteiger partial charge in [-0.2, -0.15) is 0 Å². The minimum atomic E-state index is -3.34. The van der Waals surface area contributed by atoms with Gasteiger partial charge in [-0.3, -0.25) is 0 Å². The maximum atomic E-state index is 11.9. The molecule has 1 rings (SSSR count). The first-order chi connectivity index (χ1) is 9.57. The van der Waals surface area contributed by atoms with Gasteiger partial charge in [-0.1, -0.05) is 45.0 Å². The van der Waals surface area contributed by atoms with Crippen molar-refractivity contribution in [2.24, 2.45) is 5.41 Å². The van der Waals surface area contributed by atoms with Crippen LogP contribution in [0.4, 0.5) is 0 Å². The number of hydrogen-bond acceptors (Lipinski definition) is 3. The van der Waals surface area contributed by atoms with Gasteiger partial charge in [0.25, 0.3) is 0 Å². The first-order valence-corrected chi connectivity index (χ1v) is 8.20. The molecule has 1 aromatic rings. The Morgan fingerprint density at radius 2 is 2.00 bits per heavy atom. The van der Waals surface area contributed by atoms with E-state index in [1.165, 1.54) is 6.08 Å². The van der Waals surface area contributed by atoms with Gasteiger partial charge in [0.2, 0.25) is 10.0 Å². The standard InChI is InChI=1S/C15H21NO4S/c1-15(2,3)11-21(19,20)16-10-13-6-4-5-12(9-13)7-8-14(17)18/h4-9,16H,10-11H2,1-3H3,(H,17,18). The Kier molecular flexibility index (Phi) is 5.69. The van der Waals surface area contributed by atoms with Crippen molar-refractivity contribution in [1.29, 1.82) is 0 Å². The molecule has 21 heavy (non-hydrogen) atoms. The summed E-state index contributed by atoms with van der Waals surface area (Å²) in [7, 11) is -3.34. The van der Waals surface area contributed by atoms with E-state index in [0.29, 0.717) is 5.56 Å². The molecule has 6 heteroatoms. The number of benzene rings is 1. The zero-order valence-corrected chi connectivity index (χ0v) is 13.3. The first-order valence-electron chi connectivity index (χ1n) is 6.55. The number of rotatable bonds is 6. The number of aliphatic carboxylic acids is 1. The van der Waals surface area contributed by atoms with Gasteiger partial charge < -0.3 is 5.11 Å².